The molecule has 2 heterocycles. The topological polar surface area (TPSA) is 54.5 Å². The molecule has 0 aliphatic carbocycles. The quantitative estimate of drug-likeness (QED) is 0.814. The normalized spacial score (nSPS) is 10.2. The van der Waals surface area contributed by atoms with Crippen LogP contribution in [0.1, 0.15) is 16.8 Å². The molecule has 0 bridgehead atoms. The molecule has 0 amide bonds. The zero-order valence-corrected chi connectivity index (χ0v) is 10.7. The Balaban J connectivity index is 2.40. The Hall–Kier alpha value is -1.80. The van der Waals surface area contributed by atoms with Crippen molar-refractivity contribution in [1.29, 1.82) is 5.26 Å². The van der Waals surface area contributed by atoms with Crippen LogP contribution in [-0.2, 0) is 7.05 Å². The lowest BCUT2D eigenvalue weighted by atomic mass is 10.2. The molecule has 2 aromatic heterocycles. The summed E-state index contributed by atoms with van der Waals surface area (Å²) in [5, 5.41) is 15.1. The van der Waals surface area contributed by atoms with Crippen LogP contribution in [0.15, 0.2) is 28.4 Å². The van der Waals surface area contributed by atoms with Gasteiger partial charge in [-0.2, -0.15) is 10.4 Å². The Morgan fingerprint density at radius 1 is 1.41 bits per heavy atom. The van der Waals surface area contributed by atoms with E-state index in [1.54, 1.807) is 10.9 Å². The van der Waals surface area contributed by atoms with Crippen LogP contribution in [0.3, 0.4) is 0 Å². The van der Waals surface area contributed by atoms with Crippen molar-refractivity contribution in [2.24, 2.45) is 7.05 Å². The maximum atomic E-state index is 9.13. The van der Waals surface area contributed by atoms with Crippen LogP contribution in [0, 0.1) is 25.2 Å². The van der Waals surface area contributed by atoms with Crippen LogP contribution < -0.4 is 0 Å². The van der Waals surface area contributed by atoms with Crippen molar-refractivity contribution in [3.05, 3.63) is 35.2 Å². The molecular weight excluding hydrogens is 232 g/mol. The van der Waals surface area contributed by atoms with E-state index in [1.165, 1.54) is 11.8 Å². The van der Waals surface area contributed by atoms with Crippen LogP contribution in [0.4, 0.5) is 0 Å². The molecule has 4 nitrogen and oxygen atoms in total. The average molecular weight is 244 g/mol. The van der Waals surface area contributed by atoms with Gasteiger partial charge in [0.05, 0.1) is 11.3 Å². The number of hydrogen-bond acceptors (Lipinski definition) is 4. The third-order valence-corrected chi connectivity index (χ3v) is 3.49. The fraction of sp³-hybridized carbons (Fsp3) is 0.250. The van der Waals surface area contributed by atoms with Gasteiger partial charge in [0.1, 0.15) is 16.1 Å². The highest BCUT2D eigenvalue weighted by molar-refractivity contribution is 7.99. The molecule has 0 N–H and O–H groups in total. The summed E-state index contributed by atoms with van der Waals surface area (Å²) < 4.78 is 1.80. The van der Waals surface area contributed by atoms with Crippen LogP contribution >= 0.6 is 11.8 Å². The minimum atomic E-state index is 0.636. The van der Waals surface area contributed by atoms with Crippen molar-refractivity contribution in [3.63, 3.8) is 0 Å². The average Bonchev–Trinajstić information content (AvgIpc) is 2.58. The first-order valence-electron chi connectivity index (χ1n) is 5.16. The van der Waals surface area contributed by atoms with E-state index in [0.29, 0.717) is 5.56 Å². The lowest BCUT2D eigenvalue weighted by Crippen LogP contribution is -1.95. The predicted octanol–water partition coefficient (Wildman–Crippen LogP) is 2.45. The first-order valence-corrected chi connectivity index (χ1v) is 5.97. The van der Waals surface area contributed by atoms with Crippen LogP contribution in [0.2, 0.25) is 0 Å². The zero-order chi connectivity index (χ0) is 12.4. The number of rotatable bonds is 2. The summed E-state index contributed by atoms with van der Waals surface area (Å²) in [5.41, 5.74) is 2.54. The number of aryl methyl sites for hydroxylation is 3. The minimum Gasteiger partial charge on any atom is -0.261 e. The zero-order valence-electron chi connectivity index (χ0n) is 9.93. The highest BCUT2D eigenvalue weighted by Gasteiger charge is 2.11. The molecule has 86 valence electrons. The molecule has 0 aromatic carbocycles. The van der Waals surface area contributed by atoms with Gasteiger partial charge in [-0.1, -0.05) is 0 Å². The van der Waals surface area contributed by atoms with Gasteiger partial charge in [0, 0.05) is 13.2 Å². The molecule has 2 rings (SSSR count). The van der Waals surface area contributed by atoms with Gasteiger partial charge in [-0.3, -0.25) is 4.68 Å². The fourth-order valence-corrected chi connectivity index (χ4v) is 2.55. The molecule has 0 saturated carbocycles. The Bertz CT molecular complexity index is 595. The SMILES string of the molecule is Cc1cc(Sc2nccc(C)c2C#N)n(C)n1. The van der Waals surface area contributed by atoms with Gasteiger partial charge in [-0.25, -0.2) is 4.98 Å². The number of pyridine rings is 1. The van der Waals surface area contributed by atoms with E-state index in [2.05, 4.69) is 16.2 Å². The van der Waals surface area contributed by atoms with E-state index in [1.807, 2.05) is 33.0 Å². The van der Waals surface area contributed by atoms with Gasteiger partial charge >= 0.3 is 0 Å². The van der Waals surface area contributed by atoms with Crippen molar-refractivity contribution in [2.45, 2.75) is 23.9 Å². The summed E-state index contributed by atoms with van der Waals surface area (Å²) in [4.78, 5) is 4.26. The fourth-order valence-electron chi connectivity index (χ4n) is 1.53. The van der Waals surface area contributed by atoms with Crippen molar-refractivity contribution < 1.29 is 0 Å². The van der Waals surface area contributed by atoms with E-state index in [-0.39, 0.29) is 0 Å². The molecule has 2 aromatic rings. The number of nitriles is 1. The van der Waals surface area contributed by atoms with Crippen molar-refractivity contribution in [2.75, 3.05) is 0 Å². The summed E-state index contributed by atoms with van der Waals surface area (Å²) in [5.74, 6) is 0. The number of aromatic nitrogens is 3. The first kappa shape index (κ1) is 11.7. The predicted molar refractivity (Wildman–Crippen MR) is 65.8 cm³/mol. The molecule has 0 aliphatic heterocycles. The minimum absolute atomic E-state index is 0.636. The highest BCUT2D eigenvalue weighted by Crippen LogP contribution is 2.29. The molecular formula is C12H12N4S. The Morgan fingerprint density at radius 3 is 2.76 bits per heavy atom. The summed E-state index contributed by atoms with van der Waals surface area (Å²) in [6, 6.07) is 6.02. The van der Waals surface area contributed by atoms with Crippen LogP contribution in [-0.4, -0.2) is 14.8 Å². The Labute approximate surface area is 104 Å². The molecule has 0 atom stereocenters. The maximum Gasteiger partial charge on any atom is 0.120 e. The molecule has 5 heteroatoms. The van der Waals surface area contributed by atoms with Gasteiger partial charge in [-0.15, -0.1) is 0 Å². The van der Waals surface area contributed by atoms with Gasteiger partial charge in [0.2, 0.25) is 0 Å². The molecule has 0 unspecified atom stereocenters. The maximum absolute atomic E-state index is 9.13. The van der Waals surface area contributed by atoms with E-state index < -0.39 is 0 Å². The summed E-state index contributed by atoms with van der Waals surface area (Å²) in [7, 11) is 1.89. The van der Waals surface area contributed by atoms with Crippen LogP contribution in [0.5, 0.6) is 0 Å². The second kappa shape index (κ2) is 4.60. The summed E-state index contributed by atoms with van der Waals surface area (Å²) in [6.45, 7) is 3.86. The monoisotopic (exact) mass is 244 g/mol. The van der Waals surface area contributed by atoms with Gasteiger partial charge in [0.25, 0.3) is 0 Å². The summed E-state index contributed by atoms with van der Waals surface area (Å²) in [6.07, 6.45) is 1.72. The highest BCUT2D eigenvalue weighted by atomic mass is 32.2. The van der Waals surface area contributed by atoms with Gasteiger partial charge in [-0.05, 0) is 43.3 Å². The van der Waals surface area contributed by atoms with Gasteiger partial charge in [0.15, 0.2) is 0 Å². The van der Waals surface area contributed by atoms with Crippen molar-refractivity contribution in [3.8, 4) is 6.07 Å². The van der Waals surface area contributed by atoms with E-state index in [9.17, 15) is 0 Å². The molecule has 17 heavy (non-hydrogen) atoms. The molecule has 0 spiro atoms. The van der Waals surface area contributed by atoms with E-state index >= 15 is 0 Å². The van der Waals surface area contributed by atoms with Crippen molar-refractivity contribution in [1.82, 2.24) is 14.8 Å². The lowest BCUT2D eigenvalue weighted by Gasteiger charge is -2.04. The number of hydrogen-bond donors (Lipinski definition) is 0. The lowest BCUT2D eigenvalue weighted by molar-refractivity contribution is 0.692. The molecule has 0 aliphatic rings. The molecule has 0 fully saturated rings. The smallest absolute Gasteiger partial charge is 0.120 e. The molecule has 0 radical (unpaired) electrons. The van der Waals surface area contributed by atoms with Gasteiger partial charge < -0.3 is 0 Å². The molecule has 0 saturated heterocycles. The second-order valence-electron chi connectivity index (χ2n) is 3.77. The second-order valence-corrected chi connectivity index (χ2v) is 4.78. The largest absolute Gasteiger partial charge is 0.261 e. The van der Waals surface area contributed by atoms with E-state index in [0.717, 1.165) is 21.3 Å². The number of nitrogens with zero attached hydrogens (tertiary/aromatic N) is 4. The van der Waals surface area contributed by atoms with E-state index in [4.69, 9.17) is 5.26 Å². The standard InChI is InChI=1S/C12H12N4S/c1-8-4-5-14-12(10(8)7-13)17-11-6-9(2)15-16(11)3/h4-6H,1-3H3. The van der Waals surface area contributed by atoms with Crippen molar-refractivity contribution >= 4 is 11.8 Å². The van der Waals surface area contributed by atoms with Crippen LogP contribution in [0.25, 0.3) is 0 Å². The first-order chi connectivity index (χ1) is 8.11. The Kier molecular flexibility index (Phi) is 3.16. The Morgan fingerprint density at radius 2 is 2.18 bits per heavy atom. The third-order valence-electron chi connectivity index (χ3n) is 2.40. The summed E-state index contributed by atoms with van der Waals surface area (Å²) >= 11 is 1.47. The third kappa shape index (κ3) is 2.32.